The Morgan fingerprint density at radius 1 is 1.47 bits per heavy atom. The third-order valence-corrected chi connectivity index (χ3v) is 2.70. The third-order valence-electron chi connectivity index (χ3n) is 2.70. The predicted molar refractivity (Wildman–Crippen MR) is 69.2 cm³/mol. The summed E-state index contributed by atoms with van der Waals surface area (Å²) < 4.78 is 0. The molecule has 1 unspecified atom stereocenters. The Kier molecular flexibility index (Phi) is 4.97. The summed E-state index contributed by atoms with van der Waals surface area (Å²) in [6, 6.07) is 5.34. The minimum Gasteiger partial charge on any atom is -0.508 e. The fourth-order valence-electron chi connectivity index (χ4n) is 1.35. The number of carbonyl (C=O) groups excluding carboxylic acids is 1. The maximum Gasteiger partial charge on any atom is 0.238 e. The fraction of sp³-hybridized carbons (Fsp3) is 0.462. The van der Waals surface area contributed by atoms with E-state index in [0.717, 1.165) is 12.0 Å². The van der Waals surface area contributed by atoms with Gasteiger partial charge in [-0.2, -0.15) is 0 Å². The molecule has 0 saturated carbocycles. The molecule has 0 aromatic heterocycles. The molecular weight excluding hydrogens is 216 g/mol. The highest BCUT2D eigenvalue weighted by Crippen LogP contribution is 2.19. The zero-order valence-electron chi connectivity index (χ0n) is 10.6. The van der Waals surface area contributed by atoms with E-state index in [2.05, 4.69) is 17.6 Å². The van der Waals surface area contributed by atoms with Crippen LogP contribution in [0.5, 0.6) is 5.75 Å². The van der Waals surface area contributed by atoms with Crippen LogP contribution in [0, 0.1) is 6.92 Å². The molecule has 1 amide bonds. The van der Waals surface area contributed by atoms with E-state index in [-0.39, 0.29) is 11.7 Å². The molecule has 1 atom stereocenters. The Hall–Kier alpha value is -1.55. The zero-order valence-corrected chi connectivity index (χ0v) is 10.6. The smallest absolute Gasteiger partial charge is 0.238 e. The molecule has 1 aromatic carbocycles. The number of benzene rings is 1. The van der Waals surface area contributed by atoms with Gasteiger partial charge in [0.2, 0.25) is 5.91 Å². The van der Waals surface area contributed by atoms with Gasteiger partial charge in [-0.1, -0.05) is 6.92 Å². The second-order valence-corrected chi connectivity index (χ2v) is 4.24. The second kappa shape index (κ2) is 6.25. The largest absolute Gasteiger partial charge is 0.508 e. The number of amides is 1. The van der Waals surface area contributed by atoms with Crippen LogP contribution in [0.3, 0.4) is 0 Å². The summed E-state index contributed by atoms with van der Waals surface area (Å²) in [4.78, 5) is 11.6. The first-order chi connectivity index (χ1) is 8.02. The highest BCUT2D eigenvalue weighted by atomic mass is 16.3. The van der Waals surface area contributed by atoms with Crippen molar-refractivity contribution in [1.82, 2.24) is 5.32 Å². The molecule has 0 radical (unpaired) electrons. The summed E-state index contributed by atoms with van der Waals surface area (Å²) in [5.74, 6) is 0.163. The predicted octanol–water partition coefficient (Wildman–Crippen LogP) is 2.03. The molecule has 94 valence electrons. The van der Waals surface area contributed by atoms with Gasteiger partial charge in [-0.25, -0.2) is 0 Å². The molecule has 0 fully saturated rings. The number of aromatic hydroxyl groups is 1. The summed E-state index contributed by atoms with van der Waals surface area (Å²) in [6.07, 6.45) is 0.992. The molecular formula is C13H20N2O2. The number of carbonyl (C=O) groups is 1. The molecule has 1 aromatic rings. The average molecular weight is 236 g/mol. The molecule has 0 aliphatic heterocycles. The summed E-state index contributed by atoms with van der Waals surface area (Å²) in [5, 5.41) is 15.3. The molecule has 0 bridgehead atoms. The Bertz CT molecular complexity index is 391. The minimum atomic E-state index is -0.0737. The van der Waals surface area contributed by atoms with Gasteiger partial charge in [0.05, 0.1) is 6.54 Å². The molecule has 0 saturated heterocycles. The standard InChI is InChI=1S/C13H20N2O2/c1-4-10(3)14-8-13(17)15-11-5-6-12(16)9(2)7-11/h5-7,10,14,16H,4,8H2,1-3H3,(H,15,17). The van der Waals surface area contributed by atoms with E-state index < -0.39 is 0 Å². The van der Waals surface area contributed by atoms with Crippen molar-refractivity contribution >= 4 is 11.6 Å². The fourth-order valence-corrected chi connectivity index (χ4v) is 1.35. The van der Waals surface area contributed by atoms with E-state index in [1.165, 1.54) is 0 Å². The van der Waals surface area contributed by atoms with Crippen LogP contribution in [0.15, 0.2) is 18.2 Å². The quantitative estimate of drug-likeness (QED) is 0.685. The van der Waals surface area contributed by atoms with Gasteiger partial charge in [-0.3, -0.25) is 4.79 Å². The van der Waals surface area contributed by atoms with Gasteiger partial charge in [0.15, 0.2) is 0 Å². The molecule has 17 heavy (non-hydrogen) atoms. The number of rotatable bonds is 5. The topological polar surface area (TPSA) is 61.4 Å². The van der Waals surface area contributed by atoms with E-state index in [9.17, 15) is 9.90 Å². The van der Waals surface area contributed by atoms with Crippen LogP contribution < -0.4 is 10.6 Å². The number of hydrogen-bond acceptors (Lipinski definition) is 3. The minimum absolute atomic E-state index is 0.0737. The van der Waals surface area contributed by atoms with Crippen molar-refractivity contribution in [3.05, 3.63) is 23.8 Å². The monoisotopic (exact) mass is 236 g/mol. The summed E-state index contributed by atoms with van der Waals surface area (Å²) in [7, 11) is 0. The maximum absolute atomic E-state index is 11.6. The van der Waals surface area contributed by atoms with Gasteiger partial charge in [0, 0.05) is 11.7 Å². The van der Waals surface area contributed by atoms with Crippen LogP contribution in [0.25, 0.3) is 0 Å². The number of phenols is 1. The first-order valence-corrected chi connectivity index (χ1v) is 5.85. The lowest BCUT2D eigenvalue weighted by Crippen LogP contribution is -2.33. The molecule has 0 aliphatic carbocycles. The molecule has 4 nitrogen and oxygen atoms in total. The van der Waals surface area contributed by atoms with Crippen molar-refractivity contribution in [2.75, 3.05) is 11.9 Å². The highest BCUT2D eigenvalue weighted by molar-refractivity contribution is 5.92. The molecule has 0 aliphatic rings. The average Bonchev–Trinajstić information content (AvgIpc) is 2.31. The Balaban J connectivity index is 2.48. The van der Waals surface area contributed by atoms with Gasteiger partial charge in [-0.05, 0) is 44.0 Å². The number of phenolic OH excluding ortho intramolecular Hbond substituents is 1. The summed E-state index contributed by atoms with van der Waals surface area (Å²) in [6.45, 7) is 6.20. The summed E-state index contributed by atoms with van der Waals surface area (Å²) >= 11 is 0. The lowest BCUT2D eigenvalue weighted by atomic mass is 10.2. The van der Waals surface area contributed by atoms with Crippen molar-refractivity contribution in [2.45, 2.75) is 33.2 Å². The number of nitrogens with one attached hydrogen (secondary N) is 2. The van der Waals surface area contributed by atoms with Crippen molar-refractivity contribution in [2.24, 2.45) is 0 Å². The molecule has 3 N–H and O–H groups in total. The van der Waals surface area contributed by atoms with Crippen LogP contribution in [-0.2, 0) is 4.79 Å². The lowest BCUT2D eigenvalue weighted by Gasteiger charge is -2.11. The maximum atomic E-state index is 11.6. The van der Waals surface area contributed by atoms with Crippen LogP contribution in [0.4, 0.5) is 5.69 Å². The molecule has 4 heteroatoms. The van der Waals surface area contributed by atoms with Gasteiger partial charge < -0.3 is 15.7 Å². The van der Waals surface area contributed by atoms with Gasteiger partial charge >= 0.3 is 0 Å². The first-order valence-electron chi connectivity index (χ1n) is 5.85. The number of aryl methyl sites for hydroxylation is 1. The zero-order chi connectivity index (χ0) is 12.8. The van der Waals surface area contributed by atoms with E-state index >= 15 is 0 Å². The van der Waals surface area contributed by atoms with Crippen molar-refractivity contribution in [3.8, 4) is 5.75 Å². The third kappa shape index (κ3) is 4.44. The normalized spacial score (nSPS) is 12.2. The van der Waals surface area contributed by atoms with E-state index in [1.807, 2.05) is 6.92 Å². The van der Waals surface area contributed by atoms with Gasteiger partial charge in [-0.15, -0.1) is 0 Å². The van der Waals surface area contributed by atoms with Gasteiger partial charge in [0.1, 0.15) is 5.75 Å². The SMILES string of the molecule is CCC(C)NCC(=O)Nc1ccc(O)c(C)c1. The molecule has 1 rings (SSSR count). The van der Waals surface area contributed by atoms with Crippen molar-refractivity contribution in [3.63, 3.8) is 0 Å². The molecule has 0 spiro atoms. The highest BCUT2D eigenvalue weighted by Gasteiger charge is 2.05. The van der Waals surface area contributed by atoms with Crippen LogP contribution in [-0.4, -0.2) is 23.6 Å². The van der Waals surface area contributed by atoms with Crippen molar-refractivity contribution in [1.29, 1.82) is 0 Å². The van der Waals surface area contributed by atoms with Crippen LogP contribution in [0.1, 0.15) is 25.8 Å². The Morgan fingerprint density at radius 3 is 2.76 bits per heavy atom. The number of hydrogen-bond donors (Lipinski definition) is 3. The number of anilines is 1. The van der Waals surface area contributed by atoms with E-state index in [1.54, 1.807) is 25.1 Å². The lowest BCUT2D eigenvalue weighted by molar-refractivity contribution is -0.115. The molecule has 0 heterocycles. The Labute approximate surface area is 102 Å². The first kappa shape index (κ1) is 13.5. The van der Waals surface area contributed by atoms with E-state index in [0.29, 0.717) is 18.3 Å². The van der Waals surface area contributed by atoms with Crippen LogP contribution >= 0.6 is 0 Å². The second-order valence-electron chi connectivity index (χ2n) is 4.24. The van der Waals surface area contributed by atoms with Crippen LogP contribution in [0.2, 0.25) is 0 Å². The van der Waals surface area contributed by atoms with Crippen molar-refractivity contribution < 1.29 is 9.90 Å². The summed E-state index contributed by atoms with van der Waals surface area (Å²) in [5.41, 5.74) is 1.45. The van der Waals surface area contributed by atoms with E-state index in [4.69, 9.17) is 0 Å². The Morgan fingerprint density at radius 2 is 2.18 bits per heavy atom. The van der Waals surface area contributed by atoms with Gasteiger partial charge in [0.25, 0.3) is 0 Å².